The molecule has 86 valence electrons. The van der Waals surface area contributed by atoms with E-state index in [9.17, 15) is 0 Å². The van der Waals surface area contributed by atoms with Crippen LogP contribution in [0.1, 0.15) is 5.56 Å². The Morgan fingerprint density at radius 2 is 1.53 bits per heavy atom. The van der Waals surface area contributed by atoms with Crippen molar-refractivity contribution in [3.63, 3.8) is 0 Å². The minimum atomic E-state index is 0.146. The molecule has 0 radical (unpaired) electrons. The van der Waals surface area contributed by atoms with Crippen molar-refractivity contribution in [3.8, 4) is 11.8 Å². The highest BCUT2D eigenvalue weighted by Gasteiger charge is 1.87. The van der Waals surface area contributed by atoms with Crippen molar-refractivity contribution in [3.05, 3.63) is 54.1 Å². The van der Waals surface area contributed by atoms with Crippen molar-refractivity contribution >= 4 is 11.4 Å². The molecule has 17 heavy (non-hydrogen) atoms. The van der Waals surface area contributed by atoms with Crippen molar-refractivity contribution < 1.29 is 5.11 Å². The standard InChI is InChI=1S/C7H6N2.C6H7NO/c8-5-6-1-3-7(9)4-2-6;7-5-3-1-2-4-6(5)8/h1-4H,9H2;1-4,8H,7H2. The second-order valence-electron chi connectivity index (χ2n) is 3.29. The van der Waals surface area contributed by atoms with Crippen molar-refractivity contribution in [2.75, 3.05) is 11.5 Å². The quantitative estimate of drug-likeness (QED) is 0.474. The van der Waals surface area contributed by atoms with E-state index in [4.69, 9.17) is 21.8 Å². The molecule has 4 nitrogen and oxygen atoms in total. The smallest absolute Gasteiger partial charge is 0.138 e. The summed E-state index contributed by atoms with van der Waals surface area (Å²) in [6.45, 7) is 0. The molecule has 0 spiro atoms. The number of phenols is 1. The number of rotatable bonds is 0. The molecule has 0 aliphatic heterocycles. The van der Waals surface area contributed by atoms with Gasteiger partial charge >= 0.3 is 0 Å². The molecule has 2 rings (SSSR count). The van der Waals surface area contributed by atoms with E-state index in [2.05, 4.69) is 0 Å². The van der Waals surface area contributed by atoms with E-state index in [-0.39, 0.29) is 5.75 Å². The van der Waals surface area contributed by atoms with Gasteiger partial charge in [-0.2, -0.15) is 5.26 Å². The molecule has 0 amide bonds. The molecule has 0 unspecified atom stereocenters. The first kappa shape index (κ1) is 12.4. The maximum absolute atomic E-state index is 8.79. The molecule has 2 aromatic carbocycles. The average molecular weight is 227 g/mol. The highest BCUT2D eigenvalue weighted by molar-refractivity contribution is 5.50. The summed E-state index contributed by atoms with van der Waals surface area (Å²) in [5.74, 6) is 0.146. The van der Waals surface area contributed by atoms with E-state index < -0.39 is 0 Å². The van der Waals surface area contributed by atoms with Crippen LogP contribution in [0.4, 0.5) is 11.4 Å². The fourth-order valence-corrected chi connectivity index (χ4v) is 1.05. The second-order valence-corrected chi connectivity index (χ2v) is 3.29. The van der Waals surface area contributed by atoms with Crippen LogP contribution >= 0.6 is 0 Å². The van der Waals surface area contributed by atoms with Gasteiger partial charge in [0, 0.05) is 5.69 Å². The first-order valence-corrected chi connectivity index (χ1v) is 4.92. The summed E-state index contributed by atoms with van der Waals surface area (Å²) in [5.41, 5.74) is 12.4. The van der Waals surface area contributed by atoms with Gasteiger partial charge in [0.2, 0.25) is 0 Å². The maximum Gasteiger partial charge on any atom is 0.138 e. The van der Waals surface area contributed by atoms with Crippen LogP contribution in [0, 0.1) is 11.3 Å². The zero-order valence-electron chi connectivity index (χ0n) is 9.17. The summed E-state index contributed by atoms with van der Waals surface area (Å²) in [5, 5.41) is 17.1. The Hall–Kier alpha value is -2.67. The number of benzene rings is 2. The summed E-state index contributed by atoms with van der Waals surface area (Å²) >= 11 is 0. The minimum absolute atomic E-state index is 0.146. The second kappa shape index (κ2) is 6.03. The number of nitriles is 1. The van der Waals surface area contributed by atoms with Gasteiger partial charge < -0.3 is 16.6 Å². The van der Waals surface area contributed by atoms with Crippen LogP contribution in [-0.2, 0) is 0 Å². The van der Waals surface area contributed by atoms with Gasteiger partial charge in [-0.3, -0.25) is 0 Å². The lowest BCUT2D eigenvalue weighted by atomic mass is 10.2. The highest BCUT2D eigenvalue weighted by Crippen LogP contribution is 2.16. The number of nitrogens with two attached hydrogens (primary N) is 2. The van der Waals surface area contributed by atoms with E-state index in [1.54, 1.807) is 48.5 Å². The number of aromatic hydroxyl groups is 1. The maximum atomic E-state index is 8.79. The Balaban J connectivity index is 0.000000171. The SMILES string of the molecule is N#Cc1ccc(N)cc1.Nc1ccccc1O. The summed E-state index contributed by atoms with van der Waals surface area (Å²) in [6.07, 6.45) is 0. The van der Waals surface area contributed by atoms with Crippen LogP contribution in [0.3, 0.4) is 0 Å². The number of anilines is 2. The number of para-hydroxylation sites is 2. The average Bonchev–Trinajstić information content (AvgIpc) is 2.35. The Labute approximate surface area is 99.7 Å². The zero-order chi connectivity index (χ0) is 12.7. The predicted molar refractivity (Wildman–Crippen MR) is 68.1 cm³/mol. The first-order chi connectivity index (χ1) is 8.13. The zero-order valence-corrected chi connectivity index (χ0v) is 9.17. The number of nitrogens with zero attached hydrogens (tertiary/aromatic N) is 1. The molecule has 0 aromatic heterocycles. The van der Waals surface area contributed by atoms with Crippen LogP contribution in [0.5, 0.6) is 5.75 Å². The summed E-state index contributed by atoms with van der Waals surface area (Å²) in [6, 6.07) is 15.5. The van der Waals surface area contributed by atoms with E-state index in [0.29, 0.717) is 16.9 Å². The molecule has 5 N–H and O–H groups in total. The van der Waals surface area contributed by atoms with Crippen molar-refractivity contribution in [1.29, 1.82) is 5.26 Å². The minimum Gasteiger partial charge on any atom is -0.506 e. The number of hydrogen-bond donors (Lipinski definition) is 3. The monoisotopic (exact) mass is 227 g/mol. The van der Waals surface area contributed by atoms with Crippen LogP contribution in [0.25, 0.3) is 0 Å². The third-order valence-corrected chi connectivity index (χ3v) is 1.98. The Kier molecular flexibility index (Phi) is 4.40. The van der Waals surface area contributed by atoms with Crippen molar-refractivity contribution in [2.24, 2.45) is 0 Å². The molecule has 0 atom stereocenters. The van der Waals surface area contributed by atoms with Crippen LogP contribution in [0.2, 0.25) is 0 Å². The Morgan fingerprint density at radius 3 is 1.94 bits per heavy atom. The third kappa shape index (κ3) is 4.14. The summed E-state index contributed by atoms with van der Waals surface area (Å²) in [4.78, 5) is 0. The Morgan fingerprint density at radius 1 is 0.941 bits per heavy atom. The van der Waals surface area contributed by atoms with Gasteiger partial charge in [0.05, 0.1) is 17.3 Å². The topological polar surface area (TPSA) is 96.1 Å². The van der Waals surface area contributed by atoms with Gasteiger partial charge in [-0.25, -0.2) is 0 Å². The molecule has 0 fully saturated rings. The van der Waals surface area contributed by atoms with E-state index in [1.807, 2.05) is 6.07 Å². The molecule has 2 aromatic rings. The summed E-state index contributed by atoms with van der Waals surface area (Å²) in [7, 11) is 0. The van der Waals surface area contributed by atoms with Crippen LogP contribution < -0.4 is 11.5 Å². The molecular formula is C13H13N3O. The van der Waals surface area contributed by atoms with Crippen LogP contribution in [0.15, 0.2) is 48.5 Å². The Bertz CT molecular complexity index is 494. The molecule has 0 bridgehead atoms. The van der Waals surface area contributed by atoms with Gasteiger partial charge in [0.15, 0.2) is 0 Å². The van der Waals surface area contributed by atoms with E-state index >= 15 is 0 Å². The van der Waals surface area contributed by atoms with Gasteiger partial charge in [0.1, 0.15) is 5.75 Å². The van der Waals surface area contributed by atoms with E-state index in [0.717, 1.165) is 0 Å². The lowest BCUT2D eigenvalue weighted by molar-refractivity contribution is 0.478. The molecule has 0 aliphatic rings. The molecule has 0 heterocycles. The molecule has 0 aliphatic carbocycles. The number of nitrogen functional groups attached to an aromatic ring is 2. The van der Waals surface area contributed by atoms with Gasteiger partial charge in [0.25, 0.3) is 0 Å². The predicted octanol–water partition coefficient (Wildman–Crippen LogP) is 2.11. The molecule has 0 saturated heterocycles. The van der Waals surface area contributed by atoms with E-state index in [1.165, 1.54) is 0 Å². The normalized spacial score (nSPS) is 8.65. The molecule has 0 saturated carbocycles. The largest absolute Gasteiger partial charge is 0.506 e. The highest BCUT2D eigenvalue weighted by atomic mass is 16.3. The van der Waals surface area contributed by atoms with Gasteiger partial charge in [-0.15, -0.1) is 0 Å². The fourth-order valence-electron chi connectivity index (χ4n) is 1.05. The lowest BCUT2D eigenvalue weighted by Crippen LogP contribution is -1.82. The number of hydrogen-bond acceptors (Lipinski definition) is 4. The van der Waals surface area contributed by atoms with Crippen LogP contribution in [-0.4, -0.2) is 5.11 Å². The van der Waals surface area contributed by atoms with Crippen molar-refractivity contribution in [1.82, 2.24) is 0 Å². The summed E-state index contributed by atoms with van der Waals surface area (Å²) < 4.78 is 0. The first-order valence-electron chi connectivity index (χ1n) is 4.92. The van der Waals surface area contributed by atoms with Gasteiger partial charge in [-0.1, -0.05) is 12.1 Å². The lowest BCUT2D eigenvalue weighted by Gasteiger charge is -1.92. The third-order valence-electron chi connectivity index (χ3n) is 1.98. The number of phenolic OH excluding ortho intramolecular Hbond substituents is 1. The van der Waals surface area contributed by atoms with Gasteiger partial charge in [-0.05, 0) is 36.4 Å². The fraction of sp³-hybridized carbons (Fsp3) is 0. The van der Waals surface area contributed by atoms with Crippen molar-refractivity contribution in [2.45, 2.75) is 0 Å². The molecule has 4 heteroatoms. The molecular weight excluding hydrogens is 214 g/mol.